The summed E-state index contributed by atoms with van der Waals surface area (Å²) in [5, 5.41) is 9.62. The molecule has 1 aliphatic rings. The highest BCUT2D eigenvalue weighted by Gasteiger charge is 2.21. The van der Waals surface area contributed by atoms with Crippen LogP contribution in [0.3, 0.4) is 0 Å². The summed E-state index contributed by atoms with van der Waals surface area (Å²) < 4.78 is 2.14. The first kappa shape index (κ1) is 17.8. The molecule has 1 aromatic carbocycles. The van der Waals surface area contributed by atoms with Crippen molar-refractivity contribution in [1.82, 2.24) is 19.7 Å². The lowest BCUT2D eigenvalue weighted by molar-refractivity contribution is 0.175. The van der Waals surface area contributed by atoms with E-state index >= 15 is 0 Å². The largest absolute Gasteiger partial charge is 0.309 e. The fourth-order valence-corrected chi connectivity index (χ4v) is 4.21. The number of aromatic nitrogens is 3. The third kappa shape index (κ3) is 4.35. The molecular formula is C18H26N4S2. The highest BCUT2D eigenvalue weighted by molar-refractivity contribution is 7.98. The van der Waals surface area contributed by atoms with E-state index in [0.717, 1.165) is 29.9 Å². The zero-order valence-corrected chi connectivity index (χ0v) is 16.4. The molecule has 0 amide bonds. The zero-order valence-electron chi connectivity index (χ0n) is 14.7. The second kappa shape index (κ2) is 8.41. The molecule has 0 atom stereocenters. The highest BCUT2D eigenvalue weighted by atomic mass is 32.2. The number of thioether (sulfide) groups is 2. The molecule has 0 N–H and O–H groups in total. The molecule has 1 aromatic heterocycles. The molecule has 0 radical (unpaired) electrons. The number of nitrogens with zero attached hydrogens (tertiary/aromatic N) is 4. The molecule has 0 spiro atoms. The molecule has 1 aliphatic heterocycles. The normalized spacial score (nSPS) is 16.6. The highest BCUT2D eigenvalue weighted by Crippen LogP contribution is 2.24. The number of likely N-dealkylation sites (tertiary alicyclic amines) is 1. The van der Waals surface area contributed by atoms with Gasteiger partial charge in [-0.25, -0.2) is 0 Å². The lowest BCUT2D eigenvalue weighted by Crippen LogP contribution is -2.34. The number of rotatable bonds is 6. The molecule has 3 rings (SSSR count). The maximum atomic E-state index is 4.36. The van der Waals surface area contributed by atoms with Crippen LogP contribution in [0.5, 0.6) is 0 Å². The van der Waals surface area contributed by atoms with E-state index in [1.165, 1.54) is 36.4 Å². The minimum absolute atomic E-state index is 0.734. The van der Waals surface area contributed by atoms with Crippen molar-refractivity contribution >= 4 is 23.5 Å². The van der Waals surface area contributed by atoms with Gasteiger partial charge in [0.15, 0.2) is 5.16 Å². The van der Waals surface area contributed by atoms with E-state index in [1.807, 2.05) is 0 Å². The summed E-state index contributed by atoms with van der Waals surface area (Å²) >= 11 is 3.46. The predicted octanol–water partition coefficient (Wildman–Crippen LogP) is 3.71. The van der Waals surface area contributed by atoms with Crippen LogP contribution in [0.15, 0.2) is 34.3 Å². The van der Waals surface area contributed by atoms with Gasteiger partial charge in [-0.15, -0.1) is 22.0 Å². The summed E-state index contributed by atoms with van der Waals surface area (Å²) in [5.74, 6) is 1.86. The molecule has 0 unspecified atom stereocenters. The van der Waals surface area contributed by atoms with Crippen molar-refractivity contribution in [1.29, 1.82) is 0 Å². The first-order valence-corrected chi connectivity index (χ1v) is 10.9. The summed E-state index contributed by atoms with van der Waals surface area (Å²) in [4.78, 5) is 3.92. The van der Waals surface area contributed by atoms with Gasteiger partial charge in [0, 0.05) is 24.9 Å². The van der Waals surface area contributed by atoms with Crippen molar-refractivity contribution in [3.05, 3.63) is 35.7 Å². The van der Waals surface area contributed by atoms with Crippen LogP contribution in [-0.4, -0.2) is 45.3 Å². The average Bonchev–Trinajstić information content (AvgIpc) is 2.97. The second-order valence-corrected chi connectivity index (χ2v) is 8.09. The van der Waals surface area contributed by atoms with E-state index < -0.39 is 0 Å². The Morgan fingerprint density at radius 3 is 2.33 bits per heavy atom. The molecule has 1 fully saturated rings. The Kier molecular flexibility index (Phi) is 6.25. The Morgan fingerprint density at radius 1 is 1.04 bits per heavy atom. The fourth-order valence-electron chi connectivity index (χ4n) is 3.30. The summed E-state index contributed by atoms with van der Waals surface area (Å²) in [6, 6.07) is 8.98. The standard InChI is InChI=1S/C18H26N4S2/c1-21-17(19-20-18(21)24-3)12-14-8-10-22(11-9-14)13-15-4-6-16(23-2)7-5-15/h4-7,14H,8-13H2,1-3H3. The molecule has 1 saturated heterocycles. The first-order valence-electron chi connectivity index (χ1n) is 8.47. The van der Waals surface area contributed by atoms with Crippen LogP contribution < -0.4 is 0 Å². The molecule has 130 valence electrons. The number of hydrogen-bond donors (Lipinski definition) is 0. The van der Waals surface area contributed by atoms with Crippen LogP contribution in [-0.2, 0) is 20.0 Å². The van der Waals surface area contributed by atoms with E-state index in [0.29, 0.717) is 0 Å². The Labute approximate surface area is 153 Å². The van der Waals surface area contributed by atoms with Gasteiger partial charge in [-0.05, 0) is 62.1 Å². The summed E-state index contributed by atoms with van der Waals surface area (Å²) in [5.41, 5.74) is 1.42. The minimum Gasteiger partial charge on any atom is -0.309 e. The predicted molar refractivity (Wildman–Crippen MR) is 103 cm³/mol. The Bertz CT molecular complexity index is 646. The zero-order chi connectivity index (χ0) is 16.9. The maximum Gasteiger partial charge on any atom is 0.190 e. The number of hydrogen-bond acceptors (Lipinski definition) is 5. The van der Waals surface area contributed by atoms with Gasteiger partial charge in [0.05, 0.1) is 0 Å². The van der Waals surface area contributed by atoms with Crippen molar-refractivity contribution in [2.45, 2.75) is 35.9 Å². The van der Waals surface area contributed by atoms with Crippen molar-refractivity contribution in [2.24, 2.45) is 13.0 Å². The quantitative estimate of drug-likeness (QED) is 0.732. The second-order valence-electron chi connectivity index (χ2n) is 6.43. The third-order valence-corrected chi connectivity index (χ3v) is 6.32. The Hall–Kier alpha value is -0.980. The van der Waals surface area contributed by atoms with Gasteiger partial charge in [-0.1, -0.05) is 23.9 Å². The molecule has 4 nitrogen and oxygen atoms in total. The lowest BCUT2D eigenvalue weighted by Gasteiger charge is -2.31. The SMILES string of the molecule is CSc1ccc(CN2CCC(Cc3nnc(SC)n3C)CC2)cc1. The van der Waals surface area contributed by atoms with Gasteiger partial charge in [0.1, 0.15) is 5.82 Å². The topological polar surface area (TPSA) is 34.0 Å². The third-order valence-electron chi connectivity index (χ3n) is 4.85. The van der Waals surface area contributed by atoms with Gasteiger partial charge >= 0.3 is 0 Å². The van der Waals surface area contributed by atoms with Crippen LogP contribution in [0.25, 0.3) is 0 Å². The van der Waals surface area contributed by atoms with Crippen LogP contribution >= 0.6 is 23.5 Å². The van der Waals surface area contributed by atoms with Gasteiger partial charge < -0.3 is 4.57 Å². The molecule has 2 aromatic rings. The first-order chi connectivity index (χ1) is 11.7. The maximum absolute atomic E-state index is 4.36. The molecule has 0 bridgehead atoms. The van der Waals surface area contributed by atoms with Crippen molar-refractivity contribution in [2.75, 3.05) is 25.6 Å². The van der Waals surface area contributed by atoms with Gasteiger partial charge in [0.25, 0.3) is 0 Å². The van der Waals surface area contributed by atoms with Crippen molar-refractivity contribution < 1.29 is 0 Å². The van der Waals surface area contributed by atoms with Gasteiger partial charge in [-0.3, -0.25) is 4.90 Å². The van der Waals surface area contributed by atoms with Crippen molar-refractivity contribution in [3.8, 4) is 0 Å². The van der Waals surface area contributed by atoms with Crippen LogP contribution in [0.1, 0.15) is 24.2 Å². The average molecular weight is 363 g/mol. The molecule has 6 heteroatoms. The monoisotopic (exact) mass is 362 g/mol. The Balaban J connectivity index is 1.49. The fraction of sp³-hybridized carbons (Fsp3) is 0.556. The molecule has 2 heterocycles. The van der Waals surface area contributed by atoms with Crippen LogP contribution in [0.4, 0.5) is 0 Å². The Morgan fingerprint density at radius 2 is 1.75 bits per heavy atom. The molecule has 0 saturated carbocycles. The number of benzene rings is 1. The van der Waals surface area contributed by atoms with E-state index in [9.17, 15) is 0 Å². The van der Waals surface area contributed by atoms with E-state index in [1.54, 1.807) is 23.5 Å². The number of piperidine rings is 1. The van der Waals surface area contributed by atoms with Gasteiger partial charge in [-0.2, -0.15) is 0 Å². The van der Waals surface area contributed by atoms with Crippen molar-refractivity contribution in [3.63, 3.8) is 0 Å². The molecule has 0 aliphatic carbocycles. The molecular weight excluding hydrogens is 336 g/mol. The van der Waals surface area contributed by atoms with Gasteiger partial charge in [0.2, 0.25) is 0 Å². The summed E-state index contributed by atoms with van der Waals surface area (Å²) in [6.45, 7) is 3.44. The van der Waals surface area contributed by atoms with E-state index in [4.69, 9.17) is 0 Å². The van der Waals surface area contributed by atoms with E-state index in [2.05, 4.69) is 63.5 Å². The minimum atomic E-state index is 0.734. The smallest absolute Gasteiger partial charge is 0.190 e. The summed E-state index contributed by atoms with van der Waals surface area (Å²) in [6.07, 6.45) is 7.74. The lowest BCUT2D eigenvalue weighted by atomic mass is 9.93. The van der Waals surface area contributed by atoms with Crippen LogP contribution in [0, 0.1) is 5.92 Å². The van der Waals surface area contributed by atoms with Crippen LogP contribution in [0.2, 0.25) is 0 Å². The van der Waals surface area contributed by atoms with E-state index in [-0.39, 0.29) is 0 Å². The molecule has 24 heavy (non-hydrogen) atoms. The summed E-state index contributed by atoms with van der Waals surface area (Å²) in [7, 11) is 2.08.